The molecule has 0 saturated carbocycles. The maximum atomic E-state index is 2.47. The highest BCUT2D eigenvalue weighted by Crippen LogP contribution is 2.10. The van der Waals surface area contributed by atoms with E-state index in [1.165, 1.54) is 30.1 Å². The number of alkyl halides is 1. The Morgan fingerprint density at radius 1 is 1.33 bits per heavy atom. The maximum absolute atomic E-state index is 2.47. The fraction of sp³-hybridized carbons (Fsp3) is 1.00. The number of hydrogen-bond acceptors (Lipinski definition) is 0. The number of rotatable bonds is 5. The van der Waals surface area contributed by atoms with Gasteiger partial charge in [-0.1, -0.05) is 55.7 Å². The zero-order valence-electron chi connectivity index (χ0n) is 6.49. The molecular formula is C8H17I. The Kier molecular flexibility index (Phi) is 7.40. The number of hydrogen-bond donors (Lipinski definition) is 0. The summed E-state index contributed by atoms with van der Waals surface area (Å²) >= 11 is 2.47. The summed E-state index contributed by atoms with van der Waals surface area (Å²) in [5.41, 5.74) is 0. The van der Waals surface area contributed by atoms with Gasteiger partial charge in [-0.2, -0.15) is 0 Å². The molecule has 0 spiro atoms. The zero-order valence-corrected chi connectivity index (χ0v) is 8.65. The topological polar surface area (TPSA) is 0 Å². The first-order valence-electron chi connectivity index (χ1n) is 3.87. The van der Waals surface area contributed by atoms with Gasteiger partial charge in [-0.05, 0) is 12.3 Å². The van der Waals surface area contributed by atoms with Crippen LogP contribution >= 0.6 is 22.6 Å². The van der Waals surface area contributed by atoms with Gasteiger partial charge in [0.1, 0.15) is 0 Å². The molecule has 0 N–H and O–H groups in total. The number of halogens is 1. The molecule has 1 atom stereocenters. The zero-order chi connectivity index (χ0) is 7.11. The molecule has 0 amide bonds. The van der Waals surface area contributed by atoms with Crippen molar-refractivity contribution in [2.24, 2.45) is 5.92 Å². The molecule has 0 aromatic rings. The third-order valence-electron chi connectivity index (χ3n) is 1.56. The first-order valence-corrected chi connectivity index (χ1v) is 5.39. The summed E-state index contributed by atoms with van der Waals surface area (Å²) in [6.45, 7) is 4.59. The lowest BCUT2D eigenvalue weighted by atomic mass is 10.1. The largest absolute Gasteiger partial charge is 0.0861 e. The van der Waals surface area contributed by atoms with Crippen LogP contribution in [0.25, 0.3) is 0 Å². The van der Waals surface area contributed by atoms with Gasteiger partial charge < -0.3 is 0 Å². The van der Waals surface area contributed by atoms with E-state index in [1.54, 1.807) is 0 Å². The first kappa shape index (κ1) is 9.73. The van der Waals surface area contributed by atoms with Gasteiger partial charge in [0.25, 0.3) is 0 Å². The molecule has 0 aromatic heterocycles. The highest BCUT2D eigenvalue weighted by atomic mass is 127. The Labute approximate surface area is 72.6 Å². The summed E-state index contributed by atoms with van der Waals surface area (Å²) in [5.74, 6) is 0.942. The molecule has 0 nitrogen and oxygen atoms in total. The molecule has 0 aromatic carbocycles. The Morgan fingerprint density at radius 2 is 2.00 bits per heavy atom. The molecule has 56 valence electrons. The van der Waals surface area contributed by atoms with Crippen molar-refractivity contribution in [1.29, 1.82) is 0 Å². The van der Waals surface area contributed by atoms with Gasteiger partial charge in [-0.15, -0.1) is 0 Å². The predicted molar refractivity (Wildman–Crippen MR) is 52.2 cm³/mol. The van der Waals surface area contributed by atoms with Crippen molar-refractivity contribution in [3.8, 4) is 0 Å². The Hall–Kier alpha value is 0.730. The Bertz CT molecular complexity index is 52.5. The smallest absolute Gasteiger partial charge is 0.00210 e. The van der Waals surface area contributed by atoms with Crippen LogP contribution in [-0.2, 0) is 0 Å². The third kappa shape index (κ3) is 6.62. The van der Waals surface area contributed by atoms with E-state index in [0.717, 1.165) is 5.92 Å². The van der Waals surface area contributed by atoms with Crippen LogP contribution in [0.2, 0.25) is 0 Å². The minimum absolute atomic E-state index is 0.942. The van der Waals surface area contributed by atoms with Crippen LogP contribution in [0.5, 0.6) is 0 Å². The van der Waals surface area contributed by atoms with Crippen molar-refractivity contribution in [1.82, 2.24) is 0 Å². The summed E-state index contributed by atoms with van der Waals surface area (Å²) in [6.07, 6.45) is 5.63. The Morgan fingerprint density at radius 3 is 2.44 bits per heavy atom. The van der Waals surface area contributed by atoms with Crippen LogP contribution in [0.15, 0.2) is 0 Å². The van der Waals surface area contributed by atoms with Crippen molar-refractivity contribution in [2.75, 3.05) is 4.43 Å². The second-order valence-electron chi connectivity index (χ2n) is 2.76. The van der Waals surface area contributed by atoms with E-state index in [0.29, 0.717) is 0 Å². The van der Waals surface area contributed by atoms with Crippen LogP contribution < -0.4 is 0 Å². The van der Waals surface area contributed by atoms with E-state index in [1.807, 2.05) is 0 Å². The second-order valence-corrected chi connectivity index (χ2v) is 3.64. The van der Waals surface area contributed by atoms with E-state index in [4.69, 9.17) is 0 Å². The van der Waals surface area contributed by atoms with Crippen molar-refractivity contribution < 1.29 is 0 Å². The molecule has 0 unspecified atom stereocenters. The van der Waals surface area contributed by atoms with Crippen molar-refractivity contribution in [3.05, 3.63) is 0 Å². The van der Waals surface area contributed by atoms with Gasteiger partial charge in [-0.3, -0.25) is 0 Å². The van der Waals surface area contributed by atoms with Crippen molar-refractivity contribution in [2.45, 2.75) is 39.5 Å². The van der Waals surface area contributed by atoms with Crippen LogP contribution in [0, 0.1) is 5.92 Å². The van der Waals surface area contributed by atoms with Gasteiger partial charge in [0.05, 0.1) is 0 Å². The van der Waals surface area contributed by atoms with Crippen LogP contribution in [0.3, 0.4) is 0 Å². The number of unbranched alkanes of at least 4 members (excludes halogenated alkanes) is 2. The van der Waals surface area contributed by atoms with E-state index in [9.17, 15) is 0 Å². The summed E-state index contributed by atoms with van der Waals surface area (Å²) < 4.78 is 1.32. The SMILES string of the molecule is CCCCC[C@H](C)CI. The molecule has 0 rings (SSSR count). The summed E-state index contributed by atoms with van der Waals surface area (Å²) in [5, 5.41) is 0. The molecule has 0 aliphatic heterocycles. The normalized spacial score (nSPS) is 13.7. The summed E-state index contributed by atoms with van der Waals surface area (Å²) in [6, 6.07) is 0. The van der Waals surface area contributed by atoms with Crippen LogP contribution in [0.4, 0.5) is 0 Å². The quantitative estimate of drug-likeness (QED) is 0.391. The molecule has 0 aliphatic carbocycles. The highest BCUT2D eigenvalue weighted by molar-refractivity contribution is 14.1. The molecule has 0 fully saturated rings. The average molecular weight is 240 g/mol. The van der Waals surface area contributed by atoms with Gasteiger partial charge >= 0.3 is 0 Å². The average Bonchev–Trinajstić information content (AvgIpc) is 1.89. The van der Waals surface area contributed by atoms with E-state index in [2.05, 4.69) is 36.4 Å². The first-order chi connectivity index (χ1) is 4.31. The van der Waals surface area contributed by atoms with E-state index >= 15 is 0 Å². The standard InChI is InChI=1S/C8H17I/c1-3-4-5-6-8(2)7-9/h8H,3-7H2,1-2H3/t8-/m0/s1. The van der Waals surface area contributed by atoms with E-state index in [-0.39, 0.29) is 0 Å². The van der Waals surface area contributed by atoms with Crippen molar-refractivity contribution in [3.63, 3.8) is 0 Å². The predicted octanol–water partition coefficient (Wildman–Crippen LogP) is 3.64. The van der Waals surface area contributed by atoms with Gasteiger partial charge in [-0.25, -0.2) is 0 Å². The van der Waals surface area contributed by atoms with Gasteiger partial charge in [0.15, 0.2) is 0 Å². The molecule has 0 radical (unpaired) electrons. The molecule has 0 heterocycles. The molecule has 0 bridgehead atoms. The van der Waals surface area contributed by atoms with Crippen LogP contribution in [0.1, 0.15) is 39.5 Å². The third-order valence-corrected chi connectivity index (χ3v) is 3.07. The molecule has 1 heteroatoms. The fourth-order valence-electron chi connectivity index (χ4n) is 0.820. The molecule has 9 heavy (non-hydrogen) atoms. The molecular weight excluding hydrogens is 223 g/mol. The monoisotopic (exact) mass is 240 g/mol. The summed E-state index contributed by atoms with van der Waals surface area (Å²) in [7, 11) is 0. The van der Waals surface area contributed by atoms with Gasteiger partial charge in [0, 0.05) is 4.43 Å². The maximum Gasteiger partial charge on any atom is 0.00210 e. The highest BCUT2D eigenvalue weighted by Gasteiger charge is 1.96. The summed E-state index contributed by atoms with van der Waals surface area (Å²) in [4.78, 5) is 0. The lowest BCUT2D eigenvalue weighted by Gasteiger charge is -2.04. The van der Waals surface area contributed by atoms with Crippen molar-refractivity contribution >= 4 is 22.6 Å². The molecule has 0 aliphatic rings. The lowest BCUT2D eigenvalue weighted by Crippen LogP contribution is -1.94. The van der Waals surface area contributed by atoms with E-state index < -0.39 is 0 Å². The minimum Gasteiger partial charge on any atom is -0.0861 e. The second kappa shape index (κ2) is 6.84. The van der Waals surface area contributed by atoms with Gasteiger partial charge in [0.2, 0.25) is 0 Å². The minimum atomic E-state index is 0.942. The molecule has 0 saturated heterocycles. The lowest BCUT2D eigenvalue weighted by molar-refractivity contribution is 0.546. The Balaban J connectivity index is 2.88. The fourth-order valence-corrected chi connectivity index (χ4v) is 1.26. The van der Waals surface area contributed by atoms with Crippen LogP contribution in [-0.4, -0.2) is 4.43 Å².